The van der Waals surface area contributed by atoms with Crippen LogP contribution >= 0.6 is 11.6 Å². The van der Waals surface area contributed by atoms with Crippen LogP contribution in [-0.4, -0.2) is 5.88 Å². The maximum Gasteiger partial charge on any atom is 0.130 e. The molecule has 11 heavy (non-hydrogen) atoms. The summed E-state index contributed by atoms with van der Waals surface area (Å²) in [6.45, 7) is 0. The van der Waals surface area contributed by atoms with E-state index in [4.69, 9.17) is 11.6 Å². The van der Waals surface area contributed by atoms with E-state index in [-0.39, 0.29) is 5.82 Å². The lowest BCUT2D eigenvalue weighted by Crippen LogP contribution is -1.78. The van der Waals surface area contributed by atoms with E-state index in [2.05, 4.69) is 0 Å². The Hall–Kier alpha value is -0.820. The van der Waals surface area contributed by atoms with E-state index in [1.54, 1.807) is 30.4 Å². The number of benzene rings is 1. The summed E-state index contributed by atoms with van der Waals surface area (Å²) >= 11 is 5.39. The van der Waals surface area contributed by atoms with Gasteiger partial charge >= 0.3 is 0 Å². The molecule has 1 aromatic carbocycles. The third-order valence-electron chi connectivity index (χ3n) is 1.29. The monoisotopic (exact) mass is 170 g/mol. The van der Waals surface area contributed by atoms with Crippen molar-refractivity contribution in [3.63, 3.8) is 0 Å². The fraction of sp³-hybridized carbons (Fsp3) is 0.111. The molecule has 1 aromatic rings. The average molecular weight is 171 g/mol. The molecule has 0 atom stereocenters. The number of hydrogen-bond acceptors (Lipinski definition) is 0. The molecular weight excluding hydrogens is 163 g/mol. The summed E-state index contributed by atoms with van der Waals surface area (Å²) in [5.41, 5.74) is 0.577. The molecule has 2 heteroatoms. The van der Waals surface area contributed by atoms with Gasteiger partial charge in [-0.25, -0.2) is 4.39 Å². The molecule has 0 aliphatic heterocycles. The molecule has 0 amide bonds. The number of alkyl halides is 1. The third kappa shape index (κ3) is 2.35. The Kier molecular flexibility index (Phi) is 3.12. The lowest BCUT2D eigenvalue weighted by atomic mass is 10.2. The van der Waals surface area contributed by atoms with Crippen molar-refractivity contribution >= 4 is 17.7 Å². The second-order valence-corrected chi connectivity index (χ2v) is 2.39. The summed E-state index contributed by atoms with van der Waals surface area (Å²) in [6.07, 6.45) is 3.38. The molecule has 58 valence electrons. The first-order valence-corrected chi connectivity index (χ1v) is 3.85. The van der Waals surface area contributed by atoms with Gasteiger partial charge in [0, 0.05) is 11.4 Å². The number of hydrogen-bond donors (Lipinski definition) is 0. The van der Waals surface area contributed by atoms with Crippen LogP contribution < -0.4 is 0 Å². The van der Waals surface area contributed by atoms with E-state index in [1.165, 1.54) is 6.07 Å². The lowest BCUT2D eigenvalue weighted by molar-refractivity contribution is 0.625. The van der Waals surface area contributed by atoms with E-state index in [0.29, 0.717) is 11.4 Å². The molecule has 0 heterocycles. The van der Waals surface area contributed by atoms with Crippen molar-refractivity contribution in [2.45, 2.75) is 0 Å². The lowest BCUT2D eigenvalue weighted by Gasteiger charge is -1.93. The zero-order valence-electron chi connectivity index (χ0n) is 5.93. The largest absolute Gasteiger partial charge is 0.206 e. The summed E-state index contributed by atoms with van der Waals surface area (Å²) in [5.74, 6) is 0.197. The molecule has 0 fully saturated rings. The number of rotatable bonds is 2. The number of halogens is 2. The van der Waals surface area contributed by atoms with Crippen LogP contribution in [0.5, 0.6) is 0 Å². The van der Waals surface area contributed by atoms with Crippen molar-refractivity contribution in [1.82, 2.24) is 0 Å². The van der Waals surface area contributed by atoms with Gasteiger partial charge in [-0.15, -0.1) is 11.6 Å². The van der Waals surface area contributed by atoms with Crippen LogP contribution in [0.1, 0.15) is 5.56 Å². The average Bonchev–Trinajstić information content (AvgIpc) is 2.03. The van der Waals surface area contributed by atoms with E-state index in [9.17, 15) is 4.39 Å². The Bertz CT molecular complexity index is 255. The molecule has 0 unspecified atom stereocenters. The Morgan fingerprint density at radius 1 is 1.36 bits per heavy atom. The maximum atomic E-state index is 12.8. The maximum absolute atomic E-state index is 12.8. The van der Waals surface area contributed by atoms with Crippen molar-refractivity contribution in [3.8, 4) is 0 Å². The van der Waals surface area contributed by atoms with Gasteiger partial charge in [0.2, 0.25) is 0 Å². The van der Waals surface area contributed by atoms with Crippen LogP contribution in [-0.2, 0) is 0 Å². The Morgan fingerprint density at radius 3 is 2.73 bits per heavy atom. The molecule has 0 aromatic heterocycles. The van der Waals surface area contributed by atoms with Crippen LogP contribution in [0.15, 0.2) is 30.3 Å². The fourth-order valence-electron chi connectivity index (χ4n) is 0.782. The van der Waals surface area contributed by atoms with Crippen molar-refractivity contribution in [2.75, 3.05) is 5.88 Å². The Morgan fingerprint density at radius 2 is 2.09 bits per heavy atom. The first kappa shape index (κ1) is 8.28. The molecule has 0 saturated carbocycles. The SMILES string of the molecule is Fc1ccccc1/C=C\CCl. The van der Waals surface area contributed by atoms with Crippen LogP contribution in [0.3, 0.4) is 0 Å². The molecular formula is C9H8ClF. The molecule has 0 aliphatic rings. The van der Waals surface area contributed by atoms with E-state index in [1.807, 2.05) is 0 Å². The first-order valence-electron chi connectivity index (χ1n) is 3.31. The van der Waals surface area contributed by atoms with Gasteiger partial charge in [0.1, 0.15) is 5.82 Å². The summed E-state index contributed by atoms with van der Waals surface area (Å²) in [7, 11) is 0. The quantitative estimate of drug-likeness (QED) is 0.599. The molecule has 0 spiro atoms. The Labute approximate surface area is 70.3 Å². The molecule has 0 bridgehead atoms. The minimum Gasteiger partial charge on any atom is -0.206 e. The van der Waals surface area contributed by atoms with E-state index >= 15 is 0 Å². The summed E-state index contributed by atoms with van der Waals surface area (Å²) in [6, 6.07) is 6.58. The van der Waals surface area contributed by atoms with Gasteiger partial charge in [0.15, 0.2) is 0 Å². The standard InChI is InChI=1S/C9H8ClF/c10-7-3-5-8-4-1-2-6-9(8)11/h1-6H,7H2/b5-3-. The molecule has 0 radical (unpaired) electrons. The summed E-state index contributed by atoms with van der Waals surface area (Å²) in [5, 5.41) is 0. The van der Waals surface area contributed by atoms with Gasteiger partial charge in [-0.2, -0.15) is 0 Å². The zero-order valence-corrected chi connectivity index (χ0v) is 6.68. The van der Waals surface area contributed by atoms with Crippen molar-refractivity contribution in [3.05, 3.63) is 41.7 Å². The minimum absolute atomic E-state index is 0.214. The van der Waals surface area contributed by atoms with Crippen molar-refractivity contribution in [2.24, 2.45) is 0 Å². The van der Waals surface area contributed by atoms with Crippen molar-refractivity contribution < 1.29 is 4.39 Å². The van der Waals surface area contributed by atoms with Gasteiger partial charge in [-0.05, 0) is 6.07 Å². The molecule has 0 saturated heterocycles. The molecule has 0 N–H and O–H groups in total. The highest BCUT2D eigenvalue weighted by Gasteiger charge is 1.93. The van der Waals surface area contributed by atoms with Gasteiger partial charge in [-0.3, -0.25) is 0 Å². The molecule has 1 rings (SSSR count). The fourth-order valence-corrected chi connectivity index (χ4v) is 0.871. The predicted octanol–water partition coefficient (Wildman–Crippen LogP) is 3.08. The second-order valence-electron chi connectivity index (χ2n) is 2.08. The van der Waals surface area contributed by atoms with Crippen molar-refractivity contribution in [1.29, 1.82) is 0 Å². The summed E-state index contributed by atoms with van der Waals surface area (Å²) < 4.78 is 12.8. The normalized spacial score (nSPS) is 10.7. The van der Waals surface area contributed by atoms with Crippen LogP contribution in [0.2, 0.25) is 0 Å². The highest BCUT2D eigenvalue weighted by atomic mass is 35.5. The Balaban J connectivity index is 2.86. The summed E-state index contributed by atoms with van der Waals surface area (Å²) in [4.78, 5) is 0. The van der Waals surface area contributed by atoms with Gasteiger partial charge < -0.3 is 0 Å². The molecule has 0 aliphatic carbocycles. The van der Waals surface area contributed by atoms with Gasteiger partial charge in [-0.1, -0.05) is 30.4 Å². The predicted molar refractivity (Wildman–Crippen MR) is 46.2 cm³/mol. The topological polar surface area (TPSA) is 0 Å². The highest BCUT2D eigenvalue weighted by molar-refractivity contribution is 6.19. The van der Waals surface area contributed by atoms with Crippen LogP contribution in [0, 0.1) is 5.82 Å². The minimum atomic E-state index is -0.214. The highest BCUT2D eigenvalue weighted by Crippen LogP contribution is 2.07. The van der Waals surface area contributed by atoms with Crippen LogP contribution in [0.25, 0.3) is 6.08 Å². The van der Waals surface area contributed by atoms with E-state index < -0.39 is 0 Å². The smallest absolute Gasteiger partial charge is 0.130 e. The first-order chi connectivity index (χ1) is 5.34. The van der Waals surface area contributed by atoms with Crippen LogP contribution in [0.4, 0.5) is 4.39 Å². The second kappa shape index (κ2) is 4.14. The third-order valence-corrected chi connectivity index (χ3v) is 1.47. The zero-order chi connectivity index (χ0) is 8.10. The van der Waals surface area contributed by atoms with Gasteiger partial charge in [0.05, 0.1) is 0 Å². The number of allylic oxidation sites excluding steroid dienone is 1. The molecule has 0 nitrogen and oxygen atoms in total. The van der Waals surface area contributed by atoms with Gasteiger partial charge in [0.25, 0.3) is 0 Å². The van der Waals surface area contributed by atoms with E-state index in [0.717, 1.165) is 0 Å².